The van der Waals surface area contributed by atoms with Gasteiger partial charge < -0.3 is 5.11 Å². The lowest BCUT2D eigenvalue weighted by atomic mass is 9.62. The predicted octanol–water partition coefficient (Wildman–Crippen LogP) is 5.54. The second-order valence-electron chi connectivity index (χ2n) is 9.83. The van der Waals surface area contributed by atoms with Crippen molar-refractivity contribution in [1.82, 2.24) is 0 Å². The molecule has 3 rings (SSSR count). The Morgan fingerprint density at radius 2 is 2.10 bits per heavy atom. The molecule has 0 aromatic carbocycles. The zero-order valence-corrected chi connectivity index (χ0v) is 19.2. The number of hydrogen-bond donors (Lipinski definition) is 1. The van der Waals surface area contributed by atoms with Crippen LogP contribution < -0.4 is 0 Å². The molecule has 4 atom stereocenters. The van der Waals surface area contributed by atoms with Crippen molar-refractivity contribution in [3.8, 4) is 0 Å². The van der Waals surface area contributed by atoms with Gasteiger partial charge in [0.1, 0.15) is 9.84 Å². The van der Waals surface area contributed by atoms with Crippen molar-refractivity contribution >= 4 is 9.84 Å². The van der Waals surface area contributed by atoms with Crippen LogP contribution >= 0.6 is 0 Å². The summed E-state index contributed by atoms with van der Waals surface area (Å²) >= 11 is 0. The maximum Gasteiger partial charge on any atom is 0.147 e. The van der Waals surface area contributed by atoms with E-state index in [0.717, 1.165) is 44.9 Å². The first-order chi connectivity index (χ1) is 13.6. The Morgan fingerprint density at radius 3 is 2.83 bits per heavy atom. The third-order valence-electron chi connectivity index (χ3n) is 7.48. The minimum atomic E-state index is -2.88. The standard InChI is InChI=1S/C25H38O3S/c1-18-9-12-22(26)17-21(18)11-10-20-8-5-15-25(3)23(13-14-24(20)25)19(2)7-6-16-29(4,27)28/h10-11,13,19,22,24,26H,1,5-9,12,14-17H2,2-4H3/b20-10+,21-11-/t19?,22?,24-,25+/m0/s1. The SMILES string of the molecule is C=C1CCC(O)C/C1=C/C=C1\CCC[C@]2(C)C(C(C)CCCS(C)(=O)=O)=CC[C@@H]12. The predicted molar refractivity (Wildman–Crippen MR) is 121 cm³/mol. The van der Waals surface area contributed by atoms with Gasteiger partial charge in [-0.05, 0) is 80.6 Å². The molecule has 0 bridgehead atoms. The Bertz CT molecular complexity index is 830. The highest BCUT2D eigenvalue weighted by Crippen LogP contribution is 2.57. The minimum Gasteiger partial charge on any atom is -0.393 e. The summed E-state index contributed by atoms with van der Waals surface area (Å²) < 4.78 is 22.9. The summed E-state index contributed by atoms with van der Waals surface area (Å²) in [4.78, 5) is 0. The van der Waals surface area contributed by atoms with Crippen LogP contribution in [0.4, 0.5) is 0 Å². The van der Waals surface area contributed by atoms with Gasteiger partial charge in [-0.1, -0.05) is 55.4 Å². The second kappa shape index (κ2) is 8.93. The van der Waals surface area contributed by atoms with Crippen molar-refractivity contribution in [3.05, 3.63) is 47.1 Å². The molecule has 0 saturated heterocycles. The number of sulfone groups is 1. The highest BCUT2D eigenvalue weighted by molar-refractivity contribution is 7.90. The Balaban J connectivity index is 1.71. The molecule has 0 aromatic rings. The van der Waals surface area contributed by atoms with Crippen molar-refractivity contribution in [3.63, 3.8) is 0 Å². The third kappa shape index (κ3) is 5.32. The first kappa shape index (κ1) is 22.6. The number of rotatable bonds is 6. The van der Waals surface area contributed by atoms with Crippen LogP contribution in [0.3, 0.4) is 0 Å². The van der Waals surface area contributed by atoms with Gasteiger partial charge >= 0.3 is 0 Å². The lowest BCUT2D eigenvalue weighted by molar-refractivity contribution is 0.158. The van der Waals surface area contributed by atoms with E-state index >= 15 is 0 Å². The first-order valence-corrected chi connectivity index (χ1v) is 13.3. The van der Waals surface area contributed by atoms with Gasteiger partial charge in [-0.2, -0.15) is 0 Å². The molecule has 0 aliphatic heterocycles. The molecule has 2 saturated carbocycles. The lowest BCUT2D eigenvalue weighted by Gasteiger charge is -2.42. The highest BCUT2D eigenvalue weighted by Gasteiger charge is 2.45. The Morgan fingerprint density at radius 1 is 1.34 bits per heavy atom. The summed E-state index contributed by atoms with van der Waals surface area (Å²) in [5.41, 5.74) is 5.68. The molecule has 2 unspecified atom stereocenters. The summed E-state index contributed by atoms with van der Waals surface area (Å²) in [7, 11) is -2.88. The number of hydrogen-bond acceptors (Lipinski definition) is 3. The van der Waals surface area contributed by atoms with Crippen molar-refractivity contribution in [2.75, 3.05) is 12.0 Å². The van der Waals surface area contributed by atoms with Gasteiger partial charge in [0, 0.05) is 12.0 Å². The van der Waals surface area contributed by atoms with E-state index in [-0.39, 0.29) is 11.5 Å². The summed E-state index contributed by atoms with van der Waals surface area (Å²) in [6, 6.07) is 0. The first-order valence-electron chi connectivity index (χ1n) is 11.2. The molecule has 4 heteroatoms. The highest BCUT2D eigenvalue weighted by atomic mass is 32.2. The molecule has 0 heterocycles. The average molecular weight is 419 g/mol. The van der Waals surface area contributed by atoms with Crippen LogP contribution in [0, 0.1) is 17.3 Å². The summed E-state index contributed by atoms with van der Waals surface area (Å²) in [6.07, 6.45) is 16.9. The lowest BCUT2D eigenvalue weighted by Crippen LogP contribution is -2.32. The van der Waals surface area contributed by atoms with E-state index in [4.69, 9.17) is 0 Å². The Labute approximate surface area is 177 Å². The van der Waals surface area contributed by atoms with Crippen LogP contribution in [-0.2, 0) is 9.84 Å². The molecule has 3 aliphatic rings. The molecular formula is C25H38O3S. The maximum atomic E-state index is 11.5. The van der Waals surface area contributed by atoms with Gasteiger partial charge in [-0.25, -0.2) is 8.42 Å². The number of fused-ring (bicyclic) bond motifs is 1. The van der Waals surface area contributed by atoms with E-state index in [1.165, 1.54) is 35.8 Å². The van der Waals surface area contributed by atoms with Crippen molar-refractivity contribution in [2.45, 2.75) is 77.7 Å². The zero-order chi connectivity index (χ0) is 21.2. The molecule has 29 heavy (non-hydrogen) atoms. The summed E-state index contributed by atoms with van der Waals surface area (Å²) in [5.74, 6) is 1.29. The van der Waals surface area contributed by atoms with Crippen molar-refractivity contribution in [1.29, 1.82) is 0 Å². The number of allylic oxidation sites excluding steroid dienone is 6. The van der Waals surface area contributed by atoms with E-state index < -0.39 is 9.84 Å². The summed E-state index contributed by atoms with van der Waals surface area (Å²) in [5, 5.41) is 9.99. The number of aliphatic hydroxyl groups excluding tert-OH is 1. The normalized spacial score (nSPS) is 34.3. The van der Waals surface area contributed by atoms with Gasteiger partial charge in [0.05, 0.1) is 6.10 Å². The third-order valence-corrected chi connectivity index (χ3v) is 8.51. The van der Waals surface area contributed by atoms with E-state index in [1.54, 1.807) is 5.57 Å². The van der Waals surface area contributed by atoms with E-state index in [2.05, 4.69) is 38.7 Å². The molecule has 2 fully saturated rings. The molecular weight excluding hydrogens is 380 g/mol. The monoisotopic (exact) mass is 418 g/mol. The van der Waals surface area contributed by atoms with Crippen LogP contribution in [0.2, 0.25) is 0 Å². The molecule has 1 N–H and O–H groups in total. The van der Waals surface area contributed by atoms with Crippen molar-refractivity contribution < 1.29 is 13.5 Å². The van der Waals surface area contributed by atoms with Gasteiger partial charge in [-0.3, -0.25) is 0 Å². The van der Waals surface area contributed by atoms with Crippen LogP contribution in [0.25, 0.3) is 0 Å². The van der Waals surface area contributed by atoms with Gasteiger partial charge in [0.2, 0.25) is 0 Å². The topological polar surface area (TPSA) is 54.4 Å². The Hall–Kier alpha value is -1.13. The van der Waals surface area contributed by atoms with Crippen LogP contribution in [0.1, 0.15) is 71.6 Å². The maximum absolute atomic E-state index is 11.5. The van der Waals surface area contributed by atoms with Crippen LogP contribution in [-0.4, -0.2) is 31.6 Å². The molecule has 162 valence electrons. The van der Waals surface area contributed by atoms with Crippen molar-refractivity contribution in [2.24, 2.45) is 17.3 Å². The molecule has 3 aliphatic carbocycles. The average Bonchev–Trinajstić information content (AvgIpc) is 2.99. The fourth-order valence-electron chi connectivity index (χ4n) is 5.82. The van der Waals surface area contributed by atoms with Crippen LogP contribution in [0.15, 0.2) is 47.1 Å². The smallest absolute Gasteiger partial charge is 0.147 e. The zero-order valence-electron chi connectivity index (χ0n) is 18.4. The van der Waals surface area contributed by atoms with Gasteiger partial charge in [-0.15, -0.1) is 0 Å². The van der Waals surface area contributed by atoms with Gasteiger partial charge in [0.25, 0.3) is 0 Å². The number of aliphatic hydroxyl groups is 1. The fraction of sp³-hybridized carbons (Fsp3) is 0.680. The molecule has 0 spiro atoms. The molecule has 0 radical (unpaired) electrons. The van der Waals surface area contributed by atoms with E-state index in [9.17, 15) is 13.5 Å². The van der Waals surface area contributed by atoms with Crippen LogP contribution in [0.5, 0.6) is 0 Å². The molecule has 0 aromatic heterocycles. The molecule has 0 amide bonds. The fourth-order valence-corrected chi connectivity index (χ4v) is 6.51. The second-order valence-corrected chi connectivity index (χ2v) is 12.1. The summed E-state index contributed by atoms with van der Waals surface area (Å²) in [6.45, 7) is 8.89. The molecule has 3 nitrogen and oxygen atoms in total. The van der Waals surface area contributed by atoms with E-state index in [0.29, 0.717) is 17.6 Å². The van der Waals surface area contributed by atoms with Gasteiger partial charge in [0.15, 0.2) is 0 Å². The Kier molecular flexibility index (Phi) is 6.95. The largest absolute Gasteiger partial charge is 0.393 e. The van der Waals surface area contributed by atoms with E-state index in [1.807, 2.05) is 0 Å². The quantitative estimate of drug-likeness (QED) is 0.576. The minimum absolute atomic E-state index is 0.205.